The van der Waals surface area contributed by atoms with E-state index in [-0.39, 0.29) is 12.5 Å². The summed E-state index contributed by atoms with van der Waals surface area (Å²) in [5.41, 5.74) is 5.39. The molecule has 0 aliphatic heterocycles. The molecule has 3 atom stereocenters. The Morgan fingerprint density at radius 3 is 2.62 bits per heavy atom. The second-order valence-electron chi connectivity index (χ2n) is 6.59. The summed E-state index contributed by atoms with van der Waals surface area (Å²) in [5.74, 6) is 0.0600. The minimum absolute atomic E-state index is 0.0600. The van der Waals surface area contributed by atoms with E-state index in [1.54, 1.807) is 20.8 Å². The van der Waals surface area contributed by atoms with Crippen molar-refractivity contribution < 1.29 is 14.6 Å². The second kappa shape index (κ2) is 5.66. The van der Waals surface area contributed by atoms with Gasteiger partial charge in [0.2, 0.25) is 0 Å². The molecule has 0 bridgehead atoms. The van der Waals surface area contributed by atoms with Crippen molar-refractivity contribution in [1.29, 1.82) is 0 Å². The summed E-state index contributed by atoms with van der Waals surface area (Å²) < 4.78 is 5.29. The molecule has 1 aliphatic rings. The van der Waals surface area contributed by atoms with E-state index >= 15 is 0 Å². The number of hydrogen-bond acceptors (Lipinski definition) is 4. The minimum Gasteiger partial charge on any atom is -0.444 e. The van der Waals surface area contributed by atoms with E-state index in [4.69, 9.17) is 10.5 Å². The van der Waals surface area contributed by atoms with Gasteiger partial charge < -0.3 is 20.9 Å². The van der Waals surface area contributed by atoms with Crippen LogP contribution in [0, 0.1) is 0 Å². The summed E-state index contributed by atoms with van der Waals surface area (Å²) in [6.45, 7) is 5.51. The number of alkyl carbamates (subject to hydrolysis) is 1. The van der Waals surface area contributed by atoms with Crippen molar-refractivity contribution in [1.82, 2.24) is 5.32 Å². The first-order chi connectivity index (χ1) is 9.78. The molecule has 4 N–H and O–H groups in total. The van der Waals surface area contributed by atoms with E-state index in [1.165, 1.54) is 0 Å². The van der Waals surface area contributed by atoms with Gasteiger partial charge in [-0.1, -0.05) is 30.3 Å². The fourth-order valence-electron chi connectivity index (χ4n) is 2.67. The lowest BCUT2D eigenvalue weighted by Crippen LogP contribution is -2.51. The van der Waals surface area contributed by atoms with Gasteiger partial charge in [0.25, 0.3) is 0 Å². The predicted molar refractivity (Wildman–Crippen MR) is 81.0 cm³/mol. The Balaban J connectivity index is 2.13. The normalized spacial score (nSPS) is 26.0. The molecule has 21 heavy (non-hydrogen) atoms. The number of ether oxygens (including phenoxy) is 1. The molecule has 1 aromatic carbocycles. The first-order valence-corrected chi connectivity index (χ1v) is 7.23. The molecule has 5 nitrogen and oxygen atoms in total. The van der Waals surface area contributed by atoms with Gasteiger partial charge in [0.15, 0.2) is 0 Å². The van der Waals surface area contributed by atoms with Crippen LogP contribution < -0.4 is 11.1 Å². The third-order valence-corrected chi connectivity index (χ3v) is 3.76. The monoisotopic (exact) mass is 292 g/mol. The van der Waals surface area contributed by atoms with Crippen molar-refractivity contribution in [3.8, 4) is 0 Å². The van der Waals surface area contributed by atoms with Crippen LogP contribution in [0.4, 0.5) is 4.79 Å². The highest BCUT2D eigenvalue weighted by molar-refractivity contribution is 5.70. The Morgan fingerprint density at radius 1 is 1.48 bits per heavy atom. The van der Waals surface area contributed by atoms with Crippen LogP contribution >= 0.6 is 0 Å². The Bertz CT molecular complexity index is 498. The van der Waals surface area contributed by atoms with E-state index in [9.17, 15) is 9.90 Å². The molecule has 0 saturated heterocycles. The van der Waals surface area contributed by atoms with Crippen LogP contribution in [0.2, 0.25) is 0 Å². The quantitative estimate of drug-likeness (QED) is 0.789. The Labute approximate surface area is 125 Å². The Kier molecular flexibility index (Phi) is 4.25. The molecule has 0 aromatic heterocycles. The molecule has 1 saturated carbocycles. The number of carbonyl (C=O) groups is 1. The molecule has 5 heteroatoms. The van der Waals surface area contributed by atoms with Gasteiger partial charge in [-0.3, -0.25) is 0 Å². The van der Waals surface area contributed by atoms with Gasteiger partial charge in [-0.2, -0.15) is 0 Å². The summed E-state index contributed by atoms with van der Waals surface area (Å²) in [5, 5.41) is 13.1. The first kappa shape index (κ1) is 15.8. The SMILES string of the molecule is CC(C)(C)OC(=O)N[C@]1([C@H](O)CN)CC1c1ccccc1. The second-order valence-corrected chi connectivity index (χ2v) is 6.59. The van der Waals surface area contributed by atoms with Crippen molar-refractivity contribution in [2.45, 2.75) is 50.4 Å². The van der Waals surface area contributed by atoms with Gasteiger partial charge in [0.05, 0.1) is 11.6 Å². The fourth-order valence-corrected chi connectivity index (χ4v) is 2.67. The molecule has 0 spiro atoms. The maximum Gasteiger partial charge on any atom is 0.408 e. The third-order valence-electron chi connectivity index (χ3n) is 3.76. The zero-order chi connectivity index (χ0) is 15.7. The highest BCUT2D eigenvalue weighted by Gasteiger charge is 2.60. The van der Waals surface area contributed by atoms with Gasteiger partial charge in [-0.25, -0.2) is 4.79 Å². The molecule has 1 amide bonds. The lowest BCUT2D eigenvalue weighted by molar-refractivity contribution is 0.0398. The highest BCUT2D eigenvalue weighted by atomic mass is 16.6. The first-order valence-electron chi connectivity index (χ1n) is 7.23. The Morgan fingerprint density at radius 2 is 2.10 bits per heavy atom. The van der Waals surface area contributed by atoms with Gasteiger partial charge in [0, 0.05) is 12.5 Å². The van der Waals surface area contributed by atoms with Gasteiger partial charge >= 0.3 is 6.09 Å². The average Bonchev–Trinajstić information content (AvgIpc) is 3.12. The molecule has 116 valence electrons. The van der Waals surface area contributed by atoms with E-state index in [1.807, 2.05) is 30.3 Å². The number of rotatable bonds is 4. The van der Waals surface area contributed by atoms with E-state index in [0.717, 1.165) is 5.56 Å². The fraction of sp³-hybridized carbons (Fsp3) is 0.562. The minimum atomic E-state index is -0.796. The van der Waals surface area contributed by atoms with Gasteiger partial charge in [-0.15, -0.1) is 0 Å². The van der Waals surface area contributed by atoms with Crippen molar-refractivity contribution in [2.24, 2.45) is 5.73 Å². The number of hydrogen-bond donors (Lipinski definition) is 3. The number of amides is 1. The van der Waals surface area contributed by atoms with Crippen LogP contribution in [0.3, 0.4) is 0 Å². The molecule has 2 rings (SSSR count). The molecule has 0 heterocycles. The molecule has 1 unspecified atom stereocenters. The summed E-state index contributed by atoms with van der Waals surface area (Å²) >= 11 is 0. The zero-order valence-electron chi connectivity index (χ0n) is 12.8. The number of carbonyl (C=O) groups excluding carboxylic acids is 1. The Hall–Kier alpha value is -1.59. The standard InChI is InChI=1S/C16H24N2O3/c1-15(2,3)21-14(20)18-16(13(19)10-17)9-12(16)11-7-5-4-6-8-11/h4-8,12-13,19H,9-10,17H2,1-3H3,(H,18,20)/t12?,13-,16-/m1/s1. The molecule has 0 radical (unpaired) electrons. The van der Waals surface area contributed by atoms with Gasteiger partial charge in [0.1, 0.15) is 5.60 Å². The molecule has 1 aliphatic carbocycles. The van der Waals surface area contributed by atoms with E-state index in [2.05, 4.69) is 5.32 Å². The maximum atomic E-state index is 12.0. The lowest BCUT2D eigenvalue weighted by Gasteiger charge is -2.27. The maximum absolute atomic E-state index is 12.0. The van der Waals surface area contributed by atoms with Crippen LogP contribution in [0.5, 0.6) is 0 Å². The highest BCUT2D eigenvalue weighted by Crippen LogP contribution is 2.53. The van der Waals surface area contributed by atoms with Crippen molar-refractivity contribution in [2.75, 3.05) is 6.54 Å². The molecular weight excluding hydrogens is 268 g/mol. The van der Waals surface area contributed by atoms with E-state index < -0.39 is 23.3 Å². The summed E-state index contributed by atoms with van der Waals surface area (Å²) in [4.78, 5) is 12.0. The number of benzene rings is 1. The molecular formula is C16H24N2O3. The van der Waals surface area contributed by atoms with Crippen LogP contribution in [-0.2, 0) is 4.74 Å². The van der Waals surface area contributed by atoms with Crippen molar-refractivity contribution >= 4 is 6.09 Å². The number of aliphatic hydroxyl groups excluding tert-OH is 1. The number of aliphatic hydroxyl groups is 1. The van der Waals surface area contributed by atoms with Crippen LogP contribution in [0.15, 0.2) is 30.3 Å². The van der Waals surface area contributed by atoms with E-state index in [0.29, 0.717) is 6.42 Å². The number of nitrogens with two attached hydrogens (primary N) is 1. The average molecular weight is 292 g/mol. The zero-order valence-corrected chi connectivity index (χ0v) is 12.8. The van der Waals surface area contributed by atoms with Gasteiger partial charge in [-0.05, 0) is 32.8 Å². The summed E-state index contributed by atoms with van der Waals surface area (Å²) in [6, 6.07) is 9.81. The molecule has 1 aromatic rings. The van der Waals surface area contributed by atoms with Crippen molar-refractivity contribution in [3.63, 3.8) is 0 Å². The topological polar surface area (TPSA) is 84.6 Å². The summed E-state index contributed by atoms with van der Waals surface area (Å²) in [6.07, 6.45) is -0.655. The third kappa shape index (κ3) is 3.54. The number of nitrogens with one attached hydrogen (secondary N) is 1. The van der Waals surface area contributed by atoms with Crippen LogP contribution in [0.1, 0.15) is 38.7 Å². The predicted octanol–water partition coefficient (Wildman–Crippen LogP) is 1.76. The van der Waals surface area contributed by atoms with Crippen LogP contribution in [-0.4, -0.2) is 35.0 Å². The largest absolute Gasteiger partial charge is 0.444 e. The summed E-state index contributed by atoms with van der Waals surface area (Å²) in [7, 11) is 0. The molecule has 1 fully saturated rings. The lowest BCUT2D eigenvalue weighted by atomic mass is 10.0. The van der Waals surface area contributed by atoms with Crippen LogP contribution in [0.25, 0.3) is 0 Å². The smallest absolute Gasteiger partial charge is 0.408 e. The van der Waals surface area contributed by atoms with Crippen molar-refractivity contribution in [3.05, 3.63) is 35.9 Å².